The van der Waals surface area contributed by atoms with Gasteiger partial charge in [0.1, 0.15) is 5.82 Å². The number of benzene rings is 1. The molecule has 0 amide bonds. The minimum absolute atomic E-state index is 0.0708. The number of nitrogens with one attached hydrogen (secondary N) is 2. The van der Waals surface area contributed by atoms with Crippen LogP contribution in [-0.4, -0.2) is 25.3 Å². The first-order chi connectivity index (χ1) is 12.5. The standard InChI is InChI=1S/C18H15N5O2S/c1-10-15(11(2)24)26-18(19-10)23-16-13(21-17(23)25)8-9-14(22-16)20-12-6-4-3-5-7-12/h3-9H,1-2H3,(H,20,22)(H,21,25). The monoisotopic (exact) mass is 365 g/mol. The van der Waals surface area contributed by atoms with Gasteiger partial charge in [-0.3, -0.25) is 4.79 Å². The first-order valence-electron chi connectivity index (χ1n) is 7.95. The number of thiazole rings is 1. The molecular weight excluding hydrogens is 350 g/mol. The molecule has 0 saturated carbocycles. The van der Waals surface area contributed by atoms with Crippen LogP contribution in [0.4, 0.5) is 11.5 Å². The van der Waals surface area contributed by atoms with E-state index in [1.807, 2.05) is 30.3 Å². The molecule has 8 heteroatoms. The maximum absolute atomic E-state index is 12.4. The number of carbonyl (C=O) groups excluding carboxylic acids is 1. The summed E-state index contributed by atoms with van der Waals surface area (Å²) in [5.41, 5.74) is 2.23. The zero-order valence-corrected chi connectivity index (χ0v) is 14.9. The van der Waals surface area contributed by atoms with Crippen molar-refractivity contribution < 1.29 is 4.79 Å². The van der Waals surface area contributed by atoms with Crippen molar-refractivity contribution in [3.8, 4) is 5.13 Å². The largest absolute Gasteiger partial charge is 0.340 e. The summed E-state index contributed by atoms with van der Waals surface area (Å²) >= 11 is 1.19. The number of anilines is 2. The summed E-state index contributed by atoms with van der Waals surface area (Å²) in [6, 6.07) is 13.2. The number of pyridine rings is 1. The molecule has 0 unspecified atom stereocenters. The van der Waals surface area contributed by atoms with Crippen LogP contribution in [0.2, 0.25) is 0 Å². The molecule has 0 saturated heterocycles. The van der Waals surface area contributed by atoms with E-state index in [-0.39, 0.29) is 11.5 Å². The lowest BCUT2D eigenvalue weighted by Crippen LogP contribution is -2.14. The number of aryl methyl sites for hydroxylation is 1. The third-order valence-electron chi connectivity index (χ3n) is 3.87. The topological polar surface area (TPSA) is 92.7 Å². The minimum Gasteiger partial charge on any atom is -0.340 e. The number of nitrogens with zero attached hydrogens (tertiary/aromatic N) is 3. The highest BCUT2D eigenvalue weighted by Crippen LogP contribution is 2.24. The summed E-state index contributed by atoms with van der Waals surface area (Å²) in [6.45, 7) is 3.24. The maximum atomic E-state index is 12.4. The van der Waals surface area contributed by atoms with Gasteiger partial charge in [-0.15, -0.1) is 0 Å². The molecule has 0 aliphatic rings. The number of ketones is 1. The van der Waals surface area contributed by atoms with Gasteiger partial charge in [0, 0.05) is 12.6 Å². The van der Waals surface area contributed by atoms with E-state index in [1.165, 1.54) is 22.8 Å². The number of hydrogen-bond donors (Lipinski definition) is 2. The molecule has 4 rings (SSSR count). The predicted molar refractivity (Wildman–Crippen MR) is 102 cm³/mol. The molecule has 1 aromatic carbocycles. The highest BCUT2D eigenvalue weighted by Gasteiger charge is 2.18. The van der Waals surface area contributed by atoms with E-state index in [4.69, 9.17) is 0 Å². The number of Topliss-reactive ketones (excluding diaryl/α,β-unsaturated/α-hetero) is 1. The summed E-state index contributed by atoms with van der Waals surface area (Å²) < 4.78 is 1.40. The third kappa shape index (κ3) is 2.80. The Morgan fingerprint density at radius 1 is 1.15 bits per heavy atom. The van der Waals surface area contributed by atoms with Gasteiger partial charge in [-0.1, -0.05) is 29.5 Å². The molecule has 0 aliphatic heterocycles. The Labute approximate surface area is 152 Å². The van der Waals surface area contributed by atoms with Crippen molar-refractivity contribution in [1.29, 1.82) is 0 Å². The SMILES string of the molecule is CC(=O)c1sc(-n2c(=O)[nH]c3ccc(Nc4ccccc4)nc32)nc1C. The number of hydrogen-bond acceptors (Lipinski definition) is 6. The van der Waals surface area contributed by atoms with Crippen LogP contribution in [0.5, 0.6) is 0 Å². The van der Waals surface area contributed by atoms with Gasteiger partial charge in [-0.2, -0.15) is 0 Å². The van der Waals surface area contributed by atoms with Gasteiger partial charge in [0.25, 0.3) is 0 Å². The molecule has 0 fully saturated rings. The van der Waals surface area contributed by atoms with E-state index in [0.717, 1.165) is 5.69 Å². The predicted octanol–water partition coefficient (Wildman–Crippen LogP) is 3.42. The average molecular weight is 365 g/mol. The second kappa shape index (κ2) is 6.23. The fourth-order valence-electron chi connectivity index (χ4n) is 2.70. The van der Waals surface area contributed by atoms with Crippen molar-refractivity contribution >= 4 is 39.8 Å². The minimum atomic E-state index is -0.340. The fourth-order valence-corrected chi connectivity index (χ4v) is 3.67. The zero-order chi connectivity index (χ0) is 18.3. The van der Waals surface area contributed by atoms with E-state index in [2.05, 4.69) is 20.3 Å². The molecule has 3 aromatic heterocycles. The number of H-pyrrole nitrogens is 1. The lowest BCUT2D eigenvalue weighted by atomic mass is 10.3. The van der Waals surface area contributed by atoms with Gasteiger partial charge in [0.2, 0.25) is 0 Å². The molecule has 3 heterocycles. The first-order valence-corrected chi connectivity index (χ1v) is 8.77. The van der Waals surface area contributed by atoms with Crippen molar-refractivity contribution in [2.45, 2.75) is 13.8 Å². The Hall–Kier alpha value is -3.26. The number of imidazole rings is 1. The zero-order valence-electron chi connectivity index (χ0n) is 14.1. The smallest absolute Gasteiger partial charge is 0.334 e. The molecule has 0 atom stereocenters. The van der Waals surface area contributed by atoms with Crippen LogP contribution < -0.4 is 11.0 Å². The van der Waals surface area contributed by atoms with Crippen LogP contribution in [0.15, 0.2) is 47.3 Å². The van der Waals surface area contributed by atoms with Gasteiger partial charge >= 0.3 is 5.69 Å². The number of rotatable bonds is 4. The molecule has 7 nitrogen and oxygen atoms in total. The molecule has 4 aromatic rings. The van der Waals surface area contributed by atoms with Crippen molar-refractivity contribution in [3.05, 3.63) is 63.5 Å². The van der Waals surface area contributed by atoms with Gasteiger partial charge in [0.15, 0.2) is 16.6 Å². The van der Waals surface area contributed by atoms with E-state index in [1.54, 1.807) is 19.1 Å². The number of para-hydroxylation sites is 1. The van der Waals surface area contributed by atoms with Gasteiger partial charge < -0.3 is 10.3 Å². The van der Waals surface area contributed by atoms with E-state index in [0.29, 0.717) is 32.7 Å². The molecule has 0 bridgehead atoms. The summed E-state index contributed by atoms with van der Waals surface area (Å²) in [4.78, 5) is 36.4. The Morgan fingerprint density at radius 3 is 2.62 bits per heavy atom. The lowest BCUT2D eigenvalue weighted by Gasteiger charge is -2.05. The number of fused-ring (bicyclic) bond motifs is 1. The lowest BCUT2D eigenvalue weighted by molar-refractivity contribution is 0.102. The molecule has 0 aliphatic carbocycles. The number of carbonyl (C=O) groups is 1. The number of aromatic amines is 1. The van der Waals surface area contributed by atoms with Gasteiger partial charge in [-0.05, 0) is 31.2 Å². The Bertz CT molecular complexity index is 1170. The molecule has 130 valence electrons. The van der Waals surface area contributed by atoms with Crippen molar-refractivity contribution in [2.24, 2.45) is 0 Å². The third-order valence-corrected chi connectivity index (χ3v) is 5.12. The van der Waals surface area contributed by atoms with E-state index in [9.17, 15) is 9.59 Å². The summed E-state index contributed by atoms with van der Waals surface area (Å²) in [5.74, 6) is 0.537. The molecule has 0 spiro atoms. The van der Waals surface area contributed by atoms with Crippen molar-refractivity contribution in [1.82, 2.24) is 19.5 Å². The normalized spacial score (nSPS) is 11.0. The van der Waals surface area contributed by atoms with Gasteiger partial charge in [-0.25, -0.2) is 19.3 Å². The second-order valence-corrected chi connectivity index (χ2v) is 6.77. The van der Waals surface area contributed by atoms with Crippen molar-refractivity contribution in [2.75, 3.05) is 5.32 Å². The highest BCUT2D eigenvalue weighted by atomic mass is 32.1. The highest BCUT2D eigenvalue weighted by molar-refractivity contribution is 7.16. The van der Waals surface area contributed by atoms with Crippen LogP contribution in [0.3, 0.4) is 0 Å². The molecule has 26 heavy (non-hydrogen) atoms. The average Bonchev–Trinajstić information content (AvgIpc) is 3.14. The fraction of sp³-hybridized carbons (Fsp3) is 0.111. The van der Waals surface area contributed by atoms with Crippen LogP contribution >= 0.6 is 11.3 Å². The summed E-state index contributed by atoms with van der Waals surface area (Å²) in [7, 11) is 0. The van der Waals surface area contributed by atoms with E-state index >= 15 is 0 Å². The quantitative estimate of drug-likeness (QED) is 0.541. The molecule has 0 radical (unpaired) electrons. The first kappa shape index (κ1) is 16.2. The van der Waals surface area contributed by atoms with Crippen LogP contribution in [0.25, 0.3) is 16.3 Å². The van der Waals surface area contributed by atoms with Crippen LogP contribution in [0, 0.1) is 6.92 Å². The second-order valence-electron chi connectivity index (χ2n) is 5.79. The van der Waals surface area contributed by atoms with Crippen molar-refractivity contribution in [3.63, 3.8) is 0 Å². The summed E-state index contributed by atoms with van der Waals surface area (Å²) in [6.07, 6.45) is 0. The summed E-state index contributed by atoms with van der Waals surface area (Å²) in [5, 5.41) is 3.63. The van der Waals surface area contributed by atoms with Crippen LogP contribution in [-0.2, 0) is 0 Å². The Kier molecular flexibility index (Phi) is 3.89. The van der Waals surface area contributed by atoms with Gasteiger partial charge in [0.05, 0.1) is 16.1 Å². The molecular formula is C18H15N5O2S. The number of aromatic nitrogens is 4. The molecule has 2 N–H and O–H groups in total. The van der Waals surface area contributed by atoms with Crippen LogP contribution in [0.1, 0.15) is 22.3 Å². The maximum Gasteiger partial charge on any atom is 0.334 e. The Balaban J connectivity index is 1.83. The Morgan fingerprint density at radius 2 is 1.92 bits per heavy atom. The van der Waals surface area contributed by atoms with E-state index < -0.39 is 0 Å².